The molecule has 2 unspecified atom stereocenters. The van der Waals surface area contributed by atoms with Gasteiger partial charge in [0, 0.05) is 12.0 Å². The summed E-state index contributed by atoms with van der Waals surface area (Å²) in [5.41, 5.74) is 6.08. The van der Waals surface area contributed by atoms with E-state index in [1.54, 1.807) is 7.11 Å². The highest BCUT2D eigenvalue weighted by molar-refractivity contribution is 5.54. The molecule has 4 heteroatoms. The largest absolute Gasteiger partial charge is 0.493 e. The van der Waals surface area contributed by atoms with Crippen molar-refractivity contribution in [2.75, 3.05) is 20.7 Å². The summed E-state index contributed by atoms with van der Waals surface area (Å²) in [6.07, 6.45) is 5.54. The molecule has 0 fully saturated rings. The first-order chi connectivity index (χ1) is 18.2. The molecule has 0 bridgehead atoms. The minimum atomic E-state index is 0.239. The highest BCUT2D eigenvalue weighted by Gasteiger charge is 2.28. The van der Waals surface area contributed by atoms with Gasteiger partial charge < -0.3 is 19.1 Å². The number of methoxy groups -OCH3 is 1. The minimum absolute atomic E-state index is 0.239. The third kappa shape index (κ3) is 6.22. The van der Waals surface area contributed by atoms with Crippen LogP contribution in [-0.4, -0.2) is 20.7 Å². The van der Waals surface area contributed by atoms with Gasteiger partial charge >= 0.3 is 0 Å². The lowest BCUT2D eigenvalue weighted by Gasteiger charge is -2.30. The van der Waals surface area contributed by atoms with Crippen LogP contribution in [0.4, 0.5) is 0 Å². The van der Waals surface area contributed by atoms with Crippen LogP contribution < -0.4 is 19.1 Å². The van der Waals surface area contributed by atoms with E-state index in [0.717, 1.165) is 46.9 Å². The van der Waals surface area contributed by atoms with Crippen molar-refractivity contribution in [1.29, 1.82) is 0 Å². The van der Waals surface area contributed by atoms with Crippen LogP contribution in [0.25, 0.3) is 6.08 Å². The molecule has 188 valence electrons. The number of hydrogen-bond acceptors (Lipinski definition) is 3. The molecule has 0 amide bonds. The van der Waals surface area contributed by atoms with E-state index in [-0.39, 0.29) is 6.04 Å². The van der Waals surface area contributed by atoms with E-state index >= 15 is 0 Å². The van der Waals surface area contributed by atoms with Crippen molar-refractivity contribution in [2.45, 2.75) is 25.7 Å². The molecule has 4 nitrogen and oxygen atoms in total. The number of likely N-dealkylation sites (N-methyl/N-ethyl adjacent to an activating group) is 1. The molecular formula is C33H34NO3+. The number of nitrogens with one attached hydrogen (secondary N) is 1. The molecule has 0 saturated heterocycles. The topological polar surface area (TPSA) is 32.1 Å². The van der Waals surface area contributed by atoms with E-state index in [4.69, 9.17) is 14.2 Å². The standard InChI is InChI=1S/C33H33NO3/c1-34-20-19-28-21-32(35-2)33(37-24-27-11-7-4-8-12-27)22-30(28)31(34)18-15-25-13-16-29(17-14-25)36-23-26-9-5-3-6-10-26/h3-18,21-22,31H,19-20,23-24H2,1-2H3/p+1. The van der Waals surface area contributed by atoms with Crippen molar-refractivity contribution in [3.63, 3.8) is 0 Å². The number of rotatable bonds is 9. The zero-order valence-corrected chi connectivity index (χ0v) is 21.5. The summed E-state index contributed by atoms with van der Waals surface area (Å²) in [7, 11) is 3.97. The number of quaternary nitrogens is 1. The fraction of sp³-hybridized carbons (Fsp3) is 0.212. The monoisotopic (exact) mass is 492 g/mol. The van der Waals surface area contributed by atoms with Gasteiger partial charge in [-0.2, -0.15) is 0 Å². The van der Waals surface area contributed by atoms with Gasteiger partial charge in [-0.15, -0.1) is 0 Å². The van der Waals surface area contributed by atoms with E-state index < -0.39 is 0 Å². The Kier molecular flexibility index (Phi) is 7.87. The summed E-state index contributed by atoms with van der Waals surface area (Å²) in [5.74, 6) is 2.46. The van der Waals surface area contributed by atoms with Crippen molar-refractivity contribution in [1.82, 2.24) is 0 Å². The van der Waals surface area contributed by atoms with Crippen LogP contribution in [0, 0.1) is 0 Å². The molecule has 1 aliphatic heterocycles. The molecule has 0 aliphatic carbocycles. The Labute approximate surface area is 219 Å². The van der Waals surface area contributed by atoms with Crippen molar-refractivity contribution >= 4 is 6.08 Å². The van der Waals surface area contributed by atoms with Crippen molar-refractivity contribution < 1.29 is 19.1 Å². The zero-order chi connectivity index (χ0) is 25.5. The normalized spacial score (nSPS) is 16.8. The molecule has 37 heavy (non-hydrogen) atoms. The van der Waals surface area contributed by atoms with Gasteiger partial charge in [-0.25, -0.2) is 0 Å². The highest BCUT2D eigenvalue weighted by Crippen LogP contribution is 2.35. The summed E-state index contributed by atoms with van der Waals surface area (Å²) in [6.45, 7) is 2.15. The summed E-state index contributed by atoms with van der Waals surface area (Å²) in [5, 5.41) is 0. The van der Waals surface area contributed by atoms with Gasteiger partial charge in [0.05, 0.1) is 20.7 Å². The lowest BCUT2D eigenvalue weighted by Crippen LogP contribution is -3.10. The van der Waals surface area contributed by atoms with Gasteiger partial charge in [0.15, 0.2) is 11.5 Å². The van der Waals surface area contributed by atoms with E-state index in [9.17, 15) is 0 Å². The lowest BCUT2D eigenvalue weighted by molar-refractivity contribution is -0.907. The molecule has 4 aromatic rings. The SMILES string of the molecule is COc1cc2c(cc1OCc1ccccc1)C(C=Cc1ccc(OCc3ccccc3)cc1)[NH+](C)CC2. The molecule has 1 N–H and O–H groups in total. The van der Waals surface area contributed by atoms with Gasteiger partial charge in [-0.1, -0.05) is 78.9 Å². The average Bonchev–Trinajstić information content (AvgIpc) is 2.95. The van der Waals surface area contributed by atoms with Gasteiger partial charge in [-0.3, -0.25) is 0 Å². The Balaban J connectivity index is 1.31. The third-order valence-electron chi connectivity index (χ3n) is 6.93. The van der Waals surface area contributed by atoms with Gasteiger partial charge in [-0.05, 0) is 52.6 Å². The molecule has 5 rings (SSSR count). The molecule has 1 heterocycles. The summed E-state index contributed by atoms with van der Waals surface area (Å²) >= 11 is 0. The lowest BCUT2D eigenvalue weighted by atomic mass is 9.91. The predicted molar refractivity (Wildman–Crippen MR) is 148 cm³/mol. The number of hydrogen-bond donors (Lipinski definition) is 1. The fourth-order valence-corrected chi connectivity index (χ4v) is 4.78. The summed E-state index contributed by atoms with van der Waals surface area (Å²) in [6, 6.07) is 33.3. The molecule has 2 atom stereocenters. The first-order valence-electron chi connectivity index (χ1n) is 12.8. The Morgan fingerprint density at radius 3 is 2.08 bits per heavy atom. The average molecular weight is 493 g/mol. The summed E-state index contributed by atoms with van der Waals surface area (Å²) < 4.78 is 17.9. The van der Waals surface area contributed by atoms with Gasteiger partial charge in [0.1, 0.15) is 25.0 Å². The Hall–Kier alpha value is -4.02. The van der Waals surface area contributed by atoms with Crippen LogP contribution in [0.3, 0.4) is 0 Å². The van der Waals surface area contributed by atoms with E-state index in [2.05, 4.69) is 67.7 Å². The third-order valence-corrected chi connectivity index (χ3v) is 6.93. The van der Waals surface area contributed by atoms with Crippen LogP contribution in [0.2, 0.25) is 0 Å². The summed E-state index contributed by atoms with van der Waals surface area (Å²) in [4.78, 5) is 1.46. The highest BCUT2D eigenvalue weighted by atomic mass is 16.5. The molecule has 0 saturated carbocycles. The smallest absolute Gasteiger partial charge is 0.162 e. The van der Waals surface area contributed by atoms with Crippen molar-refractivity contribution in [3.05, 3.63) is 131 Å². The Morgan fingerprint density at radius 2 is 1.43 bits per heavy atom. The minimum Gasteiger partial charge on any atom is -0.493 e. The van der Waals surface area contributed by atoms with Gasteiger partial charge in [0.25, 0.3) is 0 Å². The van der Waals surface area contributed by atoms with E-state index in [1.807, 2.05) is 48.5 Å². The van der Waals surface area contributed by atoms with Crippen LogP contribution >= 0.6 is 0 Å². The van der Waals surface area contributed by atoms with Crippen LogP contribution in [-0.2, 0) is 19.6 Å². The number of ether oxygens (including phenoxy) is 3. The molecule has 0 aromatic heterocycles. The zero-order valence-electron chi connectivity index (χ0n) is 21.5. The maximum absolute atomic E-state index is 6.22. The maximum atomic E-state index is 6.22. The van der Waals surface area contributed by atoms with Crippen LogP contribution in [0.5, 0.6) is 17.2 Å². The Bertz CT molecular complexity index is 1320. The molecule has 4 aromatic carbocycles. The van der Waals surface area contributed by atoms with E-state index in [1.165, 1.54) is 16.0 Å². The van der Waals surface area contributed by atoms with Crippen molar-refractivity contribution in [2.24, 2.45) is 0 Å². The van der Waals surface area contributed by atoms with E-state index in [0.29, 0.717) is 13.2 Å². The van der Waals surface area contributed by atoms with Crippen LogP contribution in [0.15, 0.2) is 103 Å². The molecule has 1 aliphatic rings. The second-order valence-electron chi connectivity index (χ2n) is 9.50. The van der Waals surface area contributed by atoms with Gasteiger partial charge in [0.2, 0.25) is 0 Å². The quantitative estimate of drug-likeness (QED) is 0.326. The first kappa shape index (κ1) is 24.7. The van der Waals surface area contributed by atoms with Crippen LogP contribution in [0.1, 0.15) is 33.9 Å². The first-order valence-corrected chi connectivity index (χ1v) is 12.8. The Morgan fingerprint density at radius 1 is 0.784 bits per heavy atom. The predicted octanol–water partition coefficient (Wildman–Crippen LogP) is 5.68. The molecule has 0 radical (unpaired) electrons. The maximum Gasteiger partial charge on any atom is 0.162 e. The second-order valence-corrected chi connectivity index (χ2v) is 9.50. The molecular weight excluding hydrogens is 458 g/mol. The second kappa shape index (κ2) is 11.8. The van der Waals surface area contributed by atoms with Crippen molar-refractivity contribution in [3.8, 4) is 17.2 Å². The fourth-order valence-electron chi connectivity index (χ4n) is 4.78. The molecule has 0 spiro atoms. The number of benzene rings is 4. The number of fused-ring (bicyclic) bond motifs is 1.